The third-order valence-electron chi connectivity index (χ3n) is 7.18. The Morgan fingerprint density at radius 1 is 0.943 bits per heavy atom. The number of anilines is 2. The Balaban J connectivity index is 1.000. The van der Waals surface area contributed by atoms with Gasteiger partial charge >= 0.3 is 0 Å². The summed E-state index contributed by atoms with van der Waals surface area (Å²) in [6, 6.07) is 16.5. The van der Waals surface area contributed by atoms with Gasteiger partial charge in [-0.2, -0.15) is 0 Å². The summed E-state index contributed by atoms with van der Waals surface area (Å²) in [6.07, 6.45) is 6.80. The van der Waals surface area contributed by atoms with Crippen molar-refractivity contribution in [2.24, 2.45) is 5.92 Å². The molecule has 2 atom stereocenters. The molecule has 8 nitrogen and oxygen atoms in total. The fraction of sp³-hybridized carbons (Fsp3) is 0.370. The first-order valence-electron chi connectivity index (χ1n) is 12.3. The van der Waals surface area contributed by atoms with Gasteiger partial charge in [-0.25, -0.2) is 9.97 Å². The molecule has 3 aromatic heterocycles. The molecule has 0 saturated carbocycles. The van der Waals surface area contributed by atoms with Gasteiger partial charge in [0.2, 0.25) is 5.88 Å². The lowest BCUT2D eigenvalue weighted by molar-refractivity contribution is 0.0717. The van der Waals surface area contributed by atoms with E-state index in [2.05, 4.69) is 37.1 Å². The van der Waals surface area contributed by atoms with E-state index in [0.29, 0.717) is 30.3 Å². The summed E-state index contributed by atoms with van der Waals surface area (Å²) in [5.74, 6) is 2.73. The van der Waals surface area contributed by atoms with Crippen LogP contribution in [0.1, 0.15) is 24.0 Å². The zero-order valence-corrected chi connectivity index (χ0v) is 19.7. The molecule has 0 aliphatic carbocycles. The summed E-state index contributed by atoms with van der Waals surface area (Å²) in [4.78, 5) is 13.7. The van der Waals surface area contributed by atoms with E-state index >= 15 is 0 Å². The topological polar surface area (TPSA) is 93.5 Å². The largest absolute Gasteiger partial charge is 0.477 e. The molecular weight excluding hydrogens is 440 g/mol. The van der Waals surface area contributed by atoms with E-state index in [1.807, 2.05) is 48.8 Å². The Hall–Kier alpha value is -3.65. The molecule has 6 rings (SSSR count). The molecule has 180 valence electrons. The highest BCUT2D eigenvalue weighted by molar-refractivity contribution is 5.88. The lowest BCUT2D eigenvalue weighted by atomic mass is 9.91. The highest BCUT2D eigenvalue weighted by Gasteiger charge is 2.34. The van der Waals surface area contributed by atoms with Crippen LogP contribution in [-0.4, -0.2) is 58.9 Å². The van der Waals surface area contributed by atoms with Gasteiger partial charge < -0.3 is 19.9 Å². The standard InChI is InChI=1S/C27H30N6O2/c28-25-9-6-19(14-29-25)13-20-7-10-26(30-15-20)34-18-21-5-8-22-17-33(12-11-32(22)16-21)27-23-3-1-2-4-24(23)35-31-27/h1-4,6-7,9-10,14-15,21-22H,5,8,11-13,16-18H2,(H2,28,29). The van der Waals surface area contributed by atoms with E-state index in [-0.39, 0.29) is 0 Å². The number of hydrogen-bond donors (Lipinski definition) is 1. The first-order valence-corrected chi connectivity index (χ1v) is 12.3. The lowest BCUT2D eigenvalue weighted by Crippen LogP contribution is -2.57. The number of nitrogens with two attached hydrogens (primary N) is 1. The predicted octanol–water partition coefficient (Wildman–Crippen LogP) is 3.77. The molecule has 2 aliphatic heterocycles. The first kappa shape index (κ1) is 21.9. The van der Waals surface area contributed by atoms with Crippen LogP contribution in [0.4, 0.5) is 11.6 Å². The van der Waals surface area contributed by atoms with E-state index in [0.717, 1.165) is 66.9 Å². The van der Waals surface area contributed by atoms with E-state index in [9.17, 15) is 0 Å². The molecule has 1 aromatic carbocycles. The van der Waals surface area contributed by atoms with Crippen molar-refractivity contribution in [1.82, 2.24) is 20.0 Å². The normalized spacial score (nSPS) is 20.6. The molecule has 8 heteroatoms. The minimum Gasteiger partial charge on any atom is -0.477 e. The van der Waals surface area contributed by atoms with Gasteiger partial charge in [-0.3, -0.25) is 4.90 Å². The Labute approximate surface area is 204 Å². The van der Waals surface area contributed by atoms with Gasteiger partial charge in [0.1, 0.15) is 5.82 Å². The molecule has 2 fully saturated rings. The number of pyridine rings is 2. The van der Waals surface area contributed by atoms with Crippen LogP contribution in [0.2, 0.25) is 0 Å². The molecule has 35 heavy (non-hydrogen) atoms. The lowest BCUT2D eigenvalue weighted by Gasteiger charge is -2.46. The van der Waals surface area contributed by atoms with E-state index in [1.54, 1.807) is 0 Å². The third-order valence-corrected chi connectivity index (χ3v) is 7.18. The number of benzene rings is 1. The number of rotatable bonds is 6. The van der Waals surface area contributed by atoms with Gasteiger partial charge in [0, 0.05) is 63.0 Å². The molecular formula is C27H30N6O2. The minimum atomic E-state index is 0.521. The molecule has 4 aromatic rings. The highest BCUT2D eigenvalue weighted by atomic mass is 16.5. The summed E-state index contributed by atoms with van der Waals surface area (Å²) in [7, 11) is 0. The molecule has 0 amide bonds. The van der Waals surface area contributed by atoms with Crippen molar-refractivity contribution >= 4 is 22.6 Å². The Morgan fingerprint density at radius 2 is 1.80 bits per heavy atom. The average molecular weight is 471 g/mol. The van der Waals surface area contributed by atoms with Crippen molar-refractivity contribution in [1.29, 1.82) is 0 Å². The van der Waals surface area contributed by atoms with Crippen molar-refractivity contribution in [2.45, 2.75) is 25.3 Å². The number of ether oxygens (including phenoxy) is 1. The number of para-hydroxylation sites is 1. The molecule has 2 aliphatic rings. The maximum absolute atomic E-state index is 6.07. The average Bonchev–Trinajstić information content (AvgIpc) is 3.33. The zero-order valence-electron chi connectivity index (χ0n) is 19.7. The van der Waals surface area contributed by atoms with Crippen LogP contribution in [0, 0.1) is 5.92 Å². The molecule has 5 heterocycles. The SMILES string of the molecule is Nc1ccc(Cc2ccc(OCC3CCC4CN(c5noc6ccccc56)CCN4C3)nc2)cn1. The van der Waals surface area contributed by atoms with Crippen LogP contribution in [0.15, 0.2) is 65.4 Å². The number of piperazine rings is 1. The van der Waals surface area contributed by atoms with Gasteiger partial charge in [0.15, 0.2) is 11.4 Å². The van der Waals surface area contributed by atoms with Crippen LogP contribution in [0.5, 0.6) is 5.88 Å². The number of nitrogen functional groups attached to an aromatic ring is 1. The second-order valence-corrected chi connectivity index (χ2v) is 9.62. The molecule has 2 saturated heterocycles. The fourth-order valence-corrected chi connectivity index (χ4v) is 5.27. The summed E-state index contributed by atoms with van der Waals surface area (Å²) in [5.41, 5.74) is 8.76. The zero-order chi connectivity index (χ0) is 23.6. The fourth-order valence-electron chi connectivity index (χ4n) is 5.27. The van der Waals surface area contributed by atoms with Gasteiger partial charge in [-0.05, 0) is 42.2 Å². The maximum Gasteiger partial charge on any atom is 0.213 e. The molecule has 0 bridgehead atoms. The van der Waals surface area contributed by atoms with Crippen molar-refractivity contribution in [2.75, 3.05) is 43.4 Å². The van der Waals surface area contributed by atoms with Gasteiger partial charge in [-0.15, -0.1) is 0 Å². The van der Waals surface area contributed by atoms with E-state index in [1.165, 1.54) is 6.42 Å². The number of hydrogen-bond acceptors (Lipinski definition) is 8. The summed E-state index contributed by atoms with van der Waals surface area (Å²) < 4.78 is 11.6. The van der Waals surface area contributed by atoms with E-state index in [4.69, 9.17) is 15.0 Å². The highest BCUT2D eigenvalue weighted by Crippen LogP contribution is 2.31. The molecule has 0 spiro atoms. The second kappa shape index (κ2) is 9.54. The van der Waals surface area contributed by atoms with Crippen LogP contribution >= 0.6 is 0 Å². The minimum absolute atomic E-state index is 0.521. The molecule has 0 radical (unpaired) electrons. The van der Waals surface area contributed by atoms with Crippen LogP contribution in [-0.2, 0) is 6.42 Å². The van der Waals surface area contributed by atoms with E-state index < -0.39 is 0 Å². The molecule has 2 N–H and O–H groups in total. The van der Waals surface area contributed by atoms with Crippen molar-refractivity contribution < 1.29 is 9.26 Å². The van der Waals surface area contributed by atoms with Crippen LogP contribution in [0.25, 0.3) is 11.0 Å². The van der Waals surface area contributed by atoms with Crippen molar-refractivity contribution in [3.05, 3.63) is 72.1 Å². The van der Waals surface area contributed by atoms with Gasteiger partial charge in [-0.1, -0.05) is 29.4 Å². The number of nitrogens with zero attached hydrogens (tertiary/aromatic N) is 5. The quantitative estimate of drug-likeness (QED) is 0.455. The third kappa shape index (κ3) is 4.79. The van der Waals surface area contributed by atoms with Gasteiger partial charge in [0.05, 0.1) is 12.0 Å². The number of fused-ring (bicyclic) bond motifs is 2. The Morgan fingerprint density at radius 3 is 2.63 bits per heavy atom. The molecule has 2 unspecified atom stereocenters. The maximum atomic E-state index is 6.07. The first-order chi connectivity index (χ1) is 17.2. The van der Waals surface area contributed by atoms with Gasteiger partial charge in [0.25, 0.3) is 0 Å². The summed E-state index contributed by atoms with van der Waals surface area (Å²) in [5, 5.41) is 5.47. The van der Waals surface area contributed by atoms with Crippen LogP contribution in [0.3, 0.4) is 0 Å². The predicted molar refractivity (Wildman–Crippen MR) is 135 cm³/mol. The Bertz CT molecular complexity index is 1270. The summed E-state index contributed by atoms with van der Waals surface area (Å²) >= 11 is 0. The number of aromatic nitrogens is 3. The Kier molecular flexibility index (Phi) is 5.96. The number of piperidine rings is 1. The van der Waals surface area contributed by atoms with Crippen molar-refractivity contribution in [3.63, 3.8) is 0 Å². The van der Waals surface area contributed by atoms with Crippen molar-refractivity contribution in [3.8, 4) is 5.88 Å². The second-order valence-electron chi connectivity index (χ2n) is 9.62. The monoisotopic (exact) mass is 470 g/mol. The van der Waals surface area contributed by atoms with Crippen LogP contribution < -0.4 is 15.4 Å². The smallest absolute Gasteiger partial charge is 0.213 e. The summed E-state index contributed by atoms with van der Waals surface area (Å²) in [6.45, 7) is 4.77.